The Morgan fingerprint density at radius 2 is 1.95 bits per heavy atom. The number of benzene rings is 1. The number of carbonyl (C=O) groups is 1. The van der Waals surface area contributed by atoms with E-state index in [0.717, 1.165) is 24.8 Å². The zero-order chi connectivity index (χ0) is 14.8. The Hall–Kier alpha value is -1.40. The number of hydrogen-bond donors (Lipinski definition) is 2. The van der Waals surface area contributed by atoms with E-state index >= 15 is 0 Å². The summed E-state index contributed by atoms with van der Waals surface area (Å²) in [5, 5.41) is 7.94. The van der Waals surface area contributed by atoms with Gasteiger partial charge in [-0.15, -0.1) is 0 Å². The predicted molar refractivity (Wildman–Crippen MR) is 76.2 cm³/mol. The van der Waals surface area contributed by atoms with Gasteiger partial charge in [-0.3, -0.25) is 4.79 Å². The van der Waals surface area contributed by atoms with Crippen LogP contribution in [0.2, 0.25) is 0 Å². The van der Waals surface area contributed by atoms with Crippen molar-refractivity contribution in [1.29, 1.82) is 0 Å². The van der Waals surface area contributed by atoms with E-state index in [9.17, 15) is 13.2 Å². The van der Waals surface area contributed by atoms with Crippen LogP contribution >= 0.6 is 0 Å². The van der Waals surface area contributed by atoms with Gasteiger partial charge < -0.3 is 5.32 Å². The number of amides is 1. The Morgan fingerprint density at radius 1 is 1.30 bits per heavy atom. The maximum atomic E-state index is 12.0. The van der Waals surface area contributed by atoms with Crippen molar-refractivity contribution in [2.75, 3.05) is 0 Å². The van der Waals surface area contributed by atoms with Gasteiger partial charge in [0.05, 0.1) is 4.90 Å². The zero-order valence-corrected chi connectivity index (χ0v) is 12.3. The van der Waals surface area contributed by atoms with E-state index in [2.05, 4.69) is 12.2 Å². The molecule has 1 saturated carbocycles. The highest BCUT2D eigenvalue weighted by Gasteiger charge is 2.29. The zero-order valence-electron chi connectivity index (χ0n) is 11.5. The molecule has 1 amide bonds. The number of nitrogens with two attached hydrogens (primary N) is 1. The van der Waals surface area contributed by atoms with E-state index in [1.165, 1.54) is 12.1 Å². The normalized spacial score (nSPS) is 22.7. The van der Waals surface area contributed by atoms with Gasteiger partial charge in [-0.2, -0.15) is 0 Å². The van der Waals surface area contributed by atoms with Crippen LogP contribution in [0.5, 0.6) is 0 Å². The summed E-state index contributed by atoms with van der Waals surface area (Å²) in [5.74, 6) is 0.643. The summed E-state index contributed by atoms with van der Waals surface area (Å²) >= 11 is 0. The van der Waals surface area contributed by atoms with E-state index in [4.69, 9.17) is 5.14 Å². The number of hydrogen-bond acceptors (Lipinski definition) is 3. The summed E-state index contributed by atoms with van der Waals surface area (Å²) in [5.41, 5.74) is 0.858. The molecule has 6 heteroatoms. The molecule has 3 N–H and O–H groups in total. The maximum Gasteiger partial charge on any atom is 0.238 e. The number of nitrogens with one attached hydrogen (secondary N) is 1. The lowest BCUT2D eigenvalue weighted by atomic mass is 9.97. The van der Waals surface area contributed by atoms with Gasteiger partial charge in [-0.1, -0.05) is 25.5 Å². The summed E-state index contributed by atoms with van der Waals surface area (Å²) in [6.07, 6.45) is 3.18. The fraction of sp³-hybridized carbons (Fsp3) is 0.500. The minimum atomic E-state index is -3.66. The highest BCUT2D eigenvalue weighted by molar-refractivity contribution is 7.89. The van der Waals surface area contributed by atoms with Gasteiger partial charge in [0.15, 0.2) is 0 Å². The van der Waals surface area contributed by atoms with E-state index in [1.807, 2.05) is 0 Å². The summed E-state index contributed by atoms with van der Waals surface area (Å²) in [6.45, 7) is 2.52. The number of carbonyl (C=O) groups excluding carboxylic acids is 1. The molecule has 2 rings (SSSR count). The predicted octanol–water partition coefficient (Wildman–Crippen LogP) is 1.39. The van der Waals surface area contributed by atoms with Crippen LogP contribution in [0.15, 0.2) is 29.2 Å². The van der Waals surface area contributed by atoms with Gasteiger partial charge in [-0.05, 0) is 36.5 Å². The van der Waals surface area contributed by atoms with Crippen LogP contribution < -0.4 is 10.5 Å². The molecule has 20 heavy (non-hydrogen) atoms. The van der Waals surface area contributed by atoms with Gasteiger partial charge in [0.1, 0.15) is 0 Å². The Balaban J connectivity index is 1.93. The Bertz CT molecular complexity index is 581. The van der Waals surface area contributed by atoms with Crippen LogP contribution in [-0.4, -0.2) is 14.3 Å². The van der Waals surface area contributed by atoms with Gasteiger partial charge in [0.25, 0.3) is 0 Å². The molecule has 1 aliphatic rings. The molecule has 0 saturated heterocycles. The lowest BCUT2D eigenvalue weighted by molar-refractivity contribution is -0.126. The van der Waals surface area contributed by atoms with Gasteiger partial charge >= 0.3 is 0 Å². The molecule has 0 radical (unpaired) electrons. The summed E-state index contributed by atoms with van der Waals surface area (Å²) in [4.78, 5) is 12.1. The van der Waals surface area contributed by atoms with Crippen molar-refractivity contribution in [1.82, 2.24) is 5.32 Å². The average Bonchev–Trinajstić information content (AvgIpc) is 2.82. The van der Waals surface area contributed by atoms with Crippen molar-refractivity contribution in [2.45, 2.75) is 37.6 Å². The molecule has 0 bridgehead atoms. The minimum absolute atomic E-state index is 0.0805. The molecule has 1 aromatic carbocycles. The summed E-state index contributed by atoms with van der Waals surface area (Å²) in [6, 6.07) is 6.24. The molecular weight excluding hydrogens is 276 g/mol. The fourth-order valence-electron chi connectivity index (χ4n) is 2.65. The lowest BCUT2D eigenvalue weighted by Gasteiger charge is -2.15. The lowest BCUT2D eigenvalue weighted by Crippen LogP contribution is -2.31. The van der Waals surface area contributed by atoms with Gasteiger partial charge in [0, 0.05) is 12.5 Å². The van der Waals surface area contributed by atoms with Gasteiger partial charge in [0.2, 0.25) is 15.9 Å². The smallest absolute Gasteiger partial charge is 0.238 e. The molecular formula is C14H20N2O3S. The van der Waals surface area contributed by atoms with E-state index < -0.39 is 10.0 Å². The summed E-state index contributed by atoms with van der Waals surface area (Å²) in [7, 11) is -3.66. The standard InChI is InChI=1S/C14H20N2O3S/c1-10-3-2-4-13(10)14(17)16-9-11-5-7-12(8-6-11)20(15,18)19/h5-8,10,13H,2-4,9H2,1H3,(H,16,17)(H2,15,18,19). The molecule has 0 aliphatic heterocycles. The second kappa shape index (κ2) is 5.93. The first-order valence-electron chi connectivity index (χ1n) is 6.77. The first-order valence-corrected chi connectivity index (χ1v) is 8.32. The molecule has 1 aliphatic carbocycles. The Kier molecular flexibility index (Phi) is 4.45. The van der Waals surface area contributed by atoms with Crippen LogP contribution in [-0.2, 0) is 21.4 Å². The van der Waals surface area contributed by atoms with Crippen molar-refractivity contribution in [3.8, 4) is 0 Å². The first-order chi connectivity index (χ1) is 9.38. The topological polar surface area (TPSA) is 89.3 Å². The maximum absolute atomic E-state index is 12.0. The molecule has 0 aromatic heterocycles. The highest BCUT2D eigenvalue weighted by atomic mass is 32.2. The van der Waals surface area contributed by atoms with Crippen LogP contribution in [0.3, 0.4) is 0 Å². The van der Waals surface area contributed by atoms with Crippen molar-refractivity contribution in [2.24, 2.45) is 17.0 Å². The quantitative estimate of drug-likeness (QED) is 0.879. The van der Waals surface area contributed by atoms with Gasteiger partial charge in [-0.25, -0.2) is 13.6 Å². The minimum Gasteiger partial charge on any atom is -0.352 e. The van der Waals surface area contributed by atoms with Crippen LogP contribution in [0, 0.1) is 11.8 Å². The molecule has 0 heterocycles. The molecule has 2 atom stereocenters. The molecule has 110 valence electrons. The fourth-order valence-corrected chi connectivity index (χ4v) is 3.17. The number of primary sulfonamides is 1. The Labute approximate surface area is 119 Å². The molecule has 5 nitrogen and oxygen atoms in total. The van der Waals surface area contributed by atoms with Crippen molar-refractivity contribution in [3.05, 3.63) is 29.8 Å². The third kappa shape index (κ3) is 3.58. The second-order valence-electron chi connectivity index (χ2n) is 5.42. The largest absolute Gasteiger partial charge is 0.352 e. The van der Waals surface area contributed by atoms with Crippen molar-refractivity contribution < 1.29 is 13.2 Å². The SMILES string of the molecule is CC1CCCC1C(=O)NCc1ccc(S(N)(=O)=O)cc1. The van der Waals surface area contributed by atoms with E-state index in [1.54, 1.807) is 12.1 Å². The monoisotopic (exact) mass is 296 g/mol. The number of sulfonamides is 1. The van der Waals surface area contributed by atoms with Crippen molar-refractivity contribution in [3.63, 3.8) is 0 Å². The van der Waals surface area contributed by atoms with Crippen LogP contribution in [0.1, 0.15) is 31.7 Å². The molecule has 1 aromatic rings. The van der Waals surface area contributed by atoms with Crippen LogP contribution in [0.25, 0.3) is 0 Å². The second-order valence-corrected chi connectivity index (χ2v) is 6.98. The van der Waals surface area contributed by atoms with Crippen molar-refractivity contribution >= 4 is 15.9 Å². The third-order valence-electron chi connectivity index (χ3n) is 3.92. The molecule has 2 unspecified atom stereocenters. The van der Waals surface area contributed by atoms with Crippen LogP contribution in [0.4, 0.5) is 0 Å². The third-order valence-corrected chi connectivity index (χ3v) is 4.85. The van der Waals surface area contributed by atoms with E-state index in [-0.39, 0.29) is 16.7 Å². The average molecular weight is 296 g/mol. The molecule has 0 spiro atoms. The molecule has 1 fully saturated rings. The number of rotatable bonds is 4. The van der Waals surface area contributed by atoms with E-state index in [0.29, 0.717) is 12.5 Å². The highest BCUT2D eigenvalue weighted by Crippen LogP contribution is 2.31. The first kappa shape index (κ1) is 15.0. The summed E-state index contributed by atoms with van der Waals surface area (Å²) < 4.78 is 22.3. The Morgan fingerprint density at radius 3 is 2.45 bits per heavy atom.